The highest BCUT2D eigenvalue weighted by Crippen LogP contribution is 2.34. The van der Waals surface area contributed by atoms with Crippen LogP contribution in [0.5, 0.6) is 5.75 Å². The third kappa shape index (κ3) is 2.32. The van der Waals surface area contributed by atoms with Crippen LogP contribution in [0.2, 0.25) is 0 Å². The smallest absolute Gasteiger partial charge is 0.335 e. The number of hydrogen-bond donors (Lipinski definition) is 1. The zero-order chi connectivity index (χ0) is 16.0. The van der Waals surface area contributed by atoms with E-state index in [-0.39, 0.29) is 17.3 Å². The van der Waals surface area contributed by atoms with E-state index in [1.807, 2.05) is 5.01 Å². The molecule has 6 heteroatoms. The number of halogens is 1. The summed E-state index contributed by atoms with van der Waals surface area (Å²) in [6.45, 7) is 1.10. The molecule has 4 rings (SSSR count). The van der Waals surface area contributed by atoms with Gasteiger partial charge in [-0.1, -0.05) is 0 Å². The van der Waals surface area contributed by atoms with E-state index in [9.17, 15) is 9.18 Å². The summed E-state index contributed by atoms with van der Waals surface area (Å²) in [5.74, 6) is -0.614. The van der Waals surface area contributed by atoms with Gasteiger partial charge in [0.15, 0.2) is 0 Å². The molecular weight excluding hydrogens is 299 g/mol. The molecule has 2 aliphatic heterocycles. The van der Waals surface area contributed by atoms with Crippen molar-refractivity contribution in [1.29, 1.82) is 0 Å². The molecule has 23 heavy (non-hydrogen) atoms. The summed E-state index contributed by atoms with van der Waals surface area (Å²) in [4.78, 5) is 11.1. The summed E-state index contributed by atoms with van der Waals surface area (Å²) in [5, 5.41) is 15.5. The van der Waals surface area contributed by atoms with E-state index in [2.05, 4.69) is 5.10 Å². The predicted octanol–water partition coefficient (Wildman–Crippen LogP) is 2.76. The fourth-order valence-corrected chi connectivity index (χ4v) is 2.91. The highest BCUT2D eigenvalue weighted by atomic mass is 19.1. The fraction of sp³-hybridized carbons (Fsp3) is 0.176. The van der Waals surface area contributed by atoms with Gasteiger partial charge in [-0.2, -0.15) is 5.10 Å². The van der Waals surface area contributed by atoms with Crippen LogP contribution < -0.4 is 9.75 Å². The second-order valence-electron chi connectivity index (χ2n) is 5.57. The van der Waals surface area contributed by atoms with Gasteiger partial charge in [0.1, 0.15) is 11.6 Å². The highest BCUT2D eigenvalue weighted by molar-refractivity contribution is 6.08. The molecule has 0 saturated heterocycles. The second-order valence-corrected chi connectivity index (χ2v) is 5.57. The maximum atomic E-state index is 13.0. The van der Waals surface area contributed by atoms with Crippen LogP contribution in [0, 0.1) is 11.7 Å². The number of aromatic carboxylic acids is 1. The number of ether oxygens (including phenoxy) is 1. The van der Waals surface area contributed by atoms with E-state index in [1.165, 1.54) is 18.2 Å². The molecule has 1 unspecified atom stereocenters. The minimum atomic E-state index is -0.986. The highest BCUT2D eigenvalue weighted by Gasteiger charge is 2.34. The zero-order valence-electron chi connectivity index (χ0n) is 12.1. The fourth-order valence-electron chi connectivity index (χ4n) is 2.91. The number of carbonyl (C=O) groups is 1. The molecule has 0 bridgehead atoms. The van der Waals surface area contributed by atoms with Gasteiger partial charge in [-0.25, -0.2) is 9.18 Å². The SMILES string of the molecule is O=C(O)c1ccc2c(c1)OCC1CN(c3ccc(F)cc3)N=C21. The van der Waals surface area contributed by atoms with Crippen LogP contribution in [0.15, 0.2) is 47.6 Å². The minimum Gasteiger partial charge on any atom is -0.492 e. The summed E-state index contributed by atoms with van der Waals surface area (Å²) in [6.07, 6.45) is 0. The second kappa shape index (κ2) is 5.08. The van der Waals surface area contributed by atoms with Gasteiger partial charge < -0.3 is 9.84 Å². The molecule has 1 atom stereocenters. The van der Waals surface area contributed by atoms with Gasteiger partial charge in [0.05, 0.1) is 36.0 Å². The number of hydrazone groups is 1. The van der Waals surface area contributed by atoms with E-state index in [0.717, 1.165) is 17.0 Å². The number of nitrogens with zero attached hydrogens (tertiary/aromatic N) is 2. The molecule has 2 aromatic rings. The average molecular weight is 312 g/mol. The summed E-state index contributed by atoms with van der Waals surface area (Å²) in [5.41, 5.74) is 2.71. The van der Waals surface area contributed by atoms with Crippen LogP contribution in [-0.2, 0) is 0 Å². The van der Waals surface area contributed by atoms with Crippen molar-refractivity contribution in [3.05, 3.63) is 59.4 Å². The van der Waals surface area contributed by atoms with Crippen LogP contribution in [-0.4, -0.2) is 29.9 Å². The van der Waals surface area contributed by atoms with Gasteiger partial charge in [-0.05, 0) is 42.5 Å². The molecule has 2 aromatic carbocycles. The molecule has 0 fully saturated rings. The standard InChI is InChI=1S/C17H13FN2O3/c18-12-2-4-13(5-3-12)20-8-11-9-23-15-7-10(17(21)22)1-6-14(15)16(11)19-20/h1-7,11H,8-9H2,(H,21,22). The van der Waals surface area contributed by atoms with Crippen molar-refractivity contribution in [2.45, 2.75) is 0 Å². The molecule has 5 nitrogen and oxygen atoms in total. The molecule has 0 radical (unpaired) electrons. The Labute approximate surface area is 131 Å². The van der Waals surface area contributed by atoms with E-state index in [0.29, 0.717) is 18.9 Å². The monoisotopic (exact) mass is 312 g/mol. The summed E-state index contributed by atoms with van der Waals surface area (Å²) >= 11 is 0. The third-order valence-corrected chi connectivity index (χ3v) is 4.08. The van der Waals surface area contributed by atoms with Crippen LogP contribution >= 0.6 is 0 Å². The quantitative estimate of drug-likeness (QED) is 0.926. The van der Waals surface area contributed by atoms with Crippen molar-refractivity contribution >= 4 is 17.4 Å². The molecule has 1 N–H and O–H groups in total. The zero-order valence-corrected chi connectivity index (χ0v) is 12.1. The Morgan fingerprint density at radius 2 is 2.04 bits per heavy atom. The number of rotatable bonds is 2. The van der Waals surface area contributed by atoms with Crippen LogP contribution in [0.3, 0.4) is 0 Å². The van der Waals surface area contributed by atoms with Crippen LogP contribution in [0.1, 0.15) is 15.9 Å². The average Bonchev–Trinajstić information content (AvgIpc) is 2.99. The van der Waals surface area contributed by atoms with Crippen molar-refractivity contribution in [2.24, 2.45) is 11.0 Å². The lowest BCUT2D eigenvalue weighted by atomic mass is 9.94. The number of fused-ring (bicyclic) bond motifs is 3. The maximum absolute atomic E-state index is 13.0. The van der Waals surface area contributed by atoms with E-state index >= 15 is 0 Å². The van der Waals surface area contributed by atoms with E-state index < -0.39 is 5.97 Å². The van der Waals surface area contributed by atoms with Gasteiger partial charge >= 0.3 is 5.97 Å². The normalized spacial score (nSPS) is 18.7. The molecule has 2 aliphatic rings. The Hall–Kier alpha value is -2.89. The number of carboxylic acids is 1. The Bertz CT molecular complexity index is 817. The Kier molecular flexibility index (Phi) is 3.04. The molecule has 0 aromatic heterocycles. The predicted molar refractivity (Wildman–Crippen MR) is 82.7 cm³/mol. The maximum Gasteiger partial charge on any atom is 0.335 e. The number of carboxylic acid groups (broad SMARTS) is 1. The minimum absolute atomic E-state index is 0.114. The van der Waals surface area contributed by atoms with Crippen LogP contribution in [0.4, 0.5) is 10.1 Å². The molecule has 116 valence electrons. The van der Waals surface area contributed by atoms with Gasteiger partial charge in [-0.15, -0.1) is 0 Å². The largest absolute Gasteiger partial charge is 0.492 e. The van der Waals surface area contributed by atoms with Gasteiger partial charge in [0.2, 0.25) is 0 Å². The van der Waals surface area contributed by atoms with Crippen LogP contribution in [0.25, 0.3) is 0 Å². The van der Waals surface area contributed by atoms with Crippen molar-refractivity contribution in [1.82, 2.24) is 0 Å². The van der Waals surface area contributed by atoms with Gasteiger partial charge in [0.25, 0.3) is 0 Å². The van der Waals surface area contributed by atoms with Gasteiger partial charge in [0, 0.05) is 5.56 Å². The first-order chi connectivity index (χ1) is 11.1. The molecule has 0 saturated carbocycles. The van der Waals surface area contributed by atoms with Crippen molar-refractivity contribution in [3.8, 4) is 5.75 Å². The third-order valence-electron chi connectivity index (χ3n) is 4.08. The first kappa shape index (κ1) is 13.8. The lowest BCUT2D eigenvalue weighted by Crippen LogP contribution is -2.29. The Morgan fingerprint density at radius 1 is 1.26 bits per heavy atom. The first-order valence-electron chi connectivity index (χ1n) is 7.24. The molecular formula is C17H13FN2O3. The molecule has 2 heterocycles. The van der Waals surface area contributed by atoms with Gasteiger partial charge in [-0.3, -0.25) is 5.01 Å². The summed E-state index contributed by atoms with van der Waals surface area (Å²) in [7, 11) is 0. The van der Waals surface area contributed by atoms with E-state index in [1.54, 1.807) is 24.3 Å². The van der Waals surface area contributed by atoms with Crippen molar-refractivity contribution in [3.63, 3.8) is 0 Å². The van der Waals surface area contributed by atoms with Crippen molar-refractivity contribution < 1.29 is 19.0 Å². The topological polar surface area (TPSA) is 62.1 Å². The molecule has 0 amide bonds. The van der Waals surface area contributed by atoms with E-state index in [4.69, 9.17) is 9.84 Å². The number of hydrogen-bond acceptors (Lipinski definition) is 4. The first-order valence-corrected chi connectivity index (χ1v) is 7.24. The lowest BCUT2D eigenvalue weighted by molar-refractivity contribution is 0.0696. The van der Waals surface area contributed by atoms with Crippen molar-refractivity contribution in [2.75, 3.05) is 18.2 Å². The summed E-state index contributed by atoms with van der Waals surface area (Å²) < 4.78 is 18.7. The number of benzene rings is 2. The number of anilines is 1. The molecule has 0 aliphatic carbocycles. The molecule has 0 spiro atoms. The Morgan fingerprint density at radius 3 is 2.78 bits per heavy atom. The Balaban J connectivity index is 1.70. The lowest BCUT2D eigenvalue weighted by Gasteiger charge is -2.22. The summed E-state index contributed by atoms with van der Waals surface area (Å²) in [6, 6.07) is 11.0.